The Kier molecular flexibility index (Phi) is 9.57. The second kappa shape index (κ2) is 11.7. The van der Waals surface area contributed by atoms with Gasteiger partial charge >= 0.3 is 0 Å². The van der Waals surface area contributed by atoms with Crippen LogP contribution in [0.25, 0.3) is 0 Å². The fourth-order valence-electron chi connectivity index (χ4n) is 7.17. The maximum atomic E-state index is 14.7. The number of nitrogens with zero attached hydrogens (tertiary/aromatic N) is 3. The van der Waals surface area contributed by atoms with Gasteiger partial charge in [-0.05, 0) is 44.9 Å². The van der Waals surface area contributed by atoms with E-state index >= 15 is 0 Å². The average molecular weight is 613 g/mol. The third-order valence-corrected chi connectivity index (χ3v) is 11.4. The van der Waals surface area contributed by atoms with E-state index in [2.05, 4.69) is 63.7 Å². The van der Waals surface area contributed by atoms with Crippen LogP contribution in [0.5, 0.6) is 0 Å². The van der Waals surface area contributed by atoms with Gasteiger partial charge in [-0.25, -0.2) is 0 Å². The van der Waals surface area contributed by atoms with Crippen LogP contribution in [0.3, 0.4) is 0 Å². The van der Waals surface area contributed by atoms with E-state index in [1.807, 2.05) is 4.90 Å². The fraction of sp³-hybridized carbons (Fsp3) is 0.759. The van der Waals surface area contributed by atoms with Crippen LogP contribution in [0.1, 0.15) is 60.3 Å². The molecule has 0 aromatic carbocycles. The quantitative estimate of drug-likeness (QED) is 0.204. The summed E-state index contributed by atoms with van der Waals surface area (Å²) in [5, 5.41) is 9.35. The molecule has 1 N–H and O–H groups in total. The van der Waals surface area contributed by atoms with Crippen molar-refractivity contribution >= 4 is 45.4 Å². The van der Waals surface area contributed by atoms with Crippen LogP contribution in [-0.4, -0.2) is 97.2 Å². The summed E-state index contributed by atoms with van der Waals surface area (Å²) in [6, 6.07) is -0.671. The lowest BCUT2D eigenvalue weighted by Gasteiger charge is -2.46. The number of aliphatic hydroxyl groups is 1. The van der Waals surface area contributed by atoms with Crippen molar-refractivity contribution in [1.82, 2.24) is 14.7 Å². The molecule has 0 aliphatic carbocycles. The first-order chi connectivity index (χ1) is 17.7. The third kappa shape index (κ3) is 5.62. The van der Waals surface area contributed by atoms with Gasteiger partial charge in [0.15, 0.2) is 0 Å². The summed E-state index contributed by atoms with van der Waals surface area (Å²) in [7, 11) is 1.75. The maximum Gasteiger partial charge on any atom is 0.247 e. The number of fused-ring (bicyclic) bond motifs is 1. The van der Waals surface area contributed by atoms with Gasteiger partial charge in [-0.3, -0.25) is 14.4 Å². The van der Waals surface area contributed by atoms with Crippen molar-refractivity contribution in [2.24, 2.45) is 17.3 Å². The van der Waals surface area contributed by atoms with Gasteiger partial charge in [-0.2, -0.15) is 0 Å². The Hall–Kier alpha value is -1.32. The van der Waals surface area contributed by atoms with E-state index in [9.17, 15) is 19.5 Å². The number of rotatable bonds is 12. The number of likely N-dealkylation sites (tertiary alicyclic amines) is 1. The Morgan fingerprint density at radius 1 is 1.16 bits per heavy atom. The predicted molar refractivity (Wildman–Crippen MR) is 158 cm³/mol. The van der Waals surface area contributed by atoms with Gasteiger partial charge in [0.1, 0.15) is 6.04 Å². The van der Waals surface area contributed by atoms with Crippen molar-refractivity contribution in [3.63, 3.8) is 0 Å². The highest BCUT2D eigenvalue weighted by Crippen LogP contribution is 2.68. The summed E-state index contributed by atoms with van der Waals surface area (Å²) < 4.78 is -0.682. The van der Waals surface area contributed by atoms with Gasteiger partial charge in [-0.15, -0.1) is 24.9 Å². The highest BCUT2D eigenvalue weighted by atomic mass is 79.9. The molecule has 0 radical (unpaired) electrons. The standard InChI is InChI=1S/C29H46BrN3O4S/c1-9-13-31(8)24(35)20-21-25(36)32(15-11-12-16-34)23(29(21)17-19(30)22(20)38-29)26(37)33(14-10-2)28(6,7)18-27(3,4)5/h9-10,19-23,34H,1-2,11-18H2,3-8H3/t19?,20-,21+,22-,23?,29?/m1/s1. The van der Waals surface area contributed by atoms with E-state index < -0.39 is 28.2 Å². The molecule has 0 aromatic rings. The van der Waals surface area contributed by atoms with E-state index in [-0.39, 0.29) is 39.8 Å². The second-order valence-corrected chi connectivity index (χ2v) is 15.6. The Bertz CT molecular complexity index is 951. The van der Waals surface area contributed by atoms with Gasteiger partial charge in [0.2, 0.25) is 17.7 Å². The zero-order valence-corrected chi connectivity index (χ0v) is 26.3. The minimum Gasteiger partial charge on any atom is -0.396 e. The van der Waals surface area contributed by atoms with Crippen molar-refractivity contribution in [3.05, 3.63) is 25.3 Å². The van der Waals surface area contributed by atoms with Crippen LogP contribution >= 0.6 is 27.7 Å². The number of hydrogen-bond acceptors (Lipinski definition) is 5. The van der Waals surface area contributed by atoms with E-state index in [4.69, 9.17) is 0 Å². The Balaban J connectivity index is 2.09. The average Bonchev–Trinajstić information content (AvgIpc) is 3.39. The lowest BCUT2D eigenvalue weighted by atomic mass is 9.70. The largest absolute Gasteiger partial charge is 0.396 e. The number of thioether (sulfide) groups is 1. The molecule has 3 amide bonds. The number of halogens is 1. The molecular weight excluding hydrogens is 566 g/mol. The first kappa shape index (κ1) is 31.2. The number of carbonyl (C=O) groups is 3. The number of hydrogen-bond donors (Lipinski definition) is 1. The van der Waals surface area contributed by atoms with Gasteiger partial charge in [0, 0.05) is 48.9 Å². The number of alkyl halides is 1. The van der Waals surface area contributed by atoms with Gasteiger partial charge < -0.3 is 19.8 Å². The van der Waals surface area contributed by atoms with E-state index in [1.54, 1.807) is 40.8 Å². The molecule has 3 unspecified atom stereocenters. The molecule has 9 heteroatoms. The number of amides is 3. The minimum atomic E-state index is -0.682. The lowest BCUT2D eigenvalue weighted by molar-refractivity contribution is -0.147. The molecule has 3 rings (SSSR count). The molecule has 7 nitrogen and oxygen atoms in total. The van der Waals surface area contributed by atoms with Gasteiger partial charge in [-0.1, -0.05) is 48.9 Å². The van der Waals surface area contributed by atoms with Crippen molar-refractivity contribution < 1.29 is 19.5 Å². The topological polar surface area (TPSA) is 81.2 Å². The number of unbranched alkanes of at least 4 members (excludes halogenated alkanes) is 1. The van der Waals surface area contributed by atoms with Crippen LogP contribution in [0.4, 0.5) is 0 Å². The first-order valence-corrected chi connectivity index (χ1v) is 15.5. The van der Waals surface area contributed by atoms with Crippen molar-refractivity contribution in [3.8, 4) is 0 Å². The molecule has 3 saturated heterocycles. The third-order valence-electron chi connectivity index (χ3n) is 8.17. The summed E-state index contributed by atoms with van der Waals surface area (Å²) in [5.74, 6) is -1.28. The smallest absolute Gasteiger partial charge is 0.247 e. The monoisotopic (exact) mass is 611 g/mol. The van der Waals surface area contributed by atoms with Crippen LogP contribution in [-0.2, 0) is 14.4 Å². The van der Waals surface area contributed by atoms with E-state index in [0.29, 0.717) is 38.9 Å². The van der Waals surface area contributed by atoms with Gasteiger partial charge in [0.05, 0.1) is 16.6 Å². The SMILES string of the molecule is C=CCN(C)C(=O)[C@H]1[C@@H]2SC3(CC2Br)C(C(=O)N(CC=C)C(C)(C)CC(C)(C)C)N(CCCCO)C(=O)[C@H]13. The first-order valence-electron chi connectivity index (χ1n) is 13.7. The van der Waals surface area contributed by atoms with E-state index in [1.165, 1.54) is 0 Å². The molecule has 1 spiro atoms. The fourth-order valence-corrected chi connectivity index (χ4v) is 10.8. The summed E-state index contributed by atoms with van der Waals surface area (Å²) in [4.78, 5) is 47.9. The van der Waals surface area contributed by atoms with Crippen LogP contribution in [0, 0.1) is 17.3 Å². The molecular formula is C29H46BrN3O4S. The highest BCUT2D eigenvalue weighted by Gasteiger charge is 2.76. The molecule has 3 aliphatic rings. The van der Waals surface area contributed by atoms with Crippen LogP contribution < -0.4 is 0 Å². The van der Waals surface area contributed by atoms with Crippen molar-refractivity contribution in [2.45, 2.75) is 86.7 Å². The molecule has 6 atom stereocenters. The zero-order valence-electron chi connectivity index (χ0n) is 23.9. The molecule has 214 valence electrons. The summed E-state index contributed by atoms with van der Waals surface area (Å²) >= 11 is 5.50. The molecule has 2 bridgehead atoms. The highest BCUT2D eigenvalue weighted by molar-refractivity contribution is 9.09. The summed E-state index contributed by atoms with van der Waals surface area (Å²) in [6.07, 6.45) is 6.03. The summed E-state index contributed by atoms with van der Waals surface area (Å²) in [5.41, 5.74) is -0.475. The van der Waals surface area contributed by atoms with Crippen molar-refractivity contribution in [1.29, 1.82) is 0 Å². The normalized spacial score (nSPS) is 30.4. The van der Waals surface area contributed by atoms with Crippen LogP contribution in [0.2, 0.25) is 0 Å². The molecule has 38 heavy (non-hydrogen) atoms. The van der Waals surface area contributed by atoms with Crippen LogP contribution in [0.15, 0.2) is 25.3 Å². The number of carbonyl (C=O) groups excluding carboxylic acids is 3. The van der Waals surface area contributed by atoms with Crippen molar-refractivity contribution in [2.75, 3.05) is 33.3 Å². The zero-order chi connectivity index (χ0) is 28.6. The maximum absolute atomic E-state index is 14.7. The van der Waals surface area contributed by atoms with Gasteiger partial charge in [0.25, 0.3) is 0 Å². The minimum absolute atomic E-state index is 0.00883. The Labute approximate surface area is 241 Å². The number of likely N-dealkylation sites (N-methyl/N-ethyl adjacent to an activating group) is 1. The molecule has 3 aliphatic heterocycles. The molecule has 0 aromatic heterocycles. The Morgan fingerprint density at radius 3 is 2.34 bits per heavy atom. The predicted octanol–water partition coefficient (Wildman–Crippen LogP) is 4.10. The molecule has 3 fully saturated rings. The molecule has 0 saturated carbocycles. The second-order valence-electron chi connectivity index (χ2n) is 12.9. The Morgan fingerprint density at radius 2 is 1.79 bits per heavy atom. The number of aliphatic hydroxyl groups excluding tert-OH is 1. The summed E-state index contributed by atoms with van der Waals surface area (Å²) in [6.45, 7) is 19.6. The lowest BCUT2D eigenvalue weighted by Crippen LogP contribution is -2.60. The van der Waals surface area contributed by atoms with E-state index in [0.717, 1.165) is 6.42 Å². The molecule has 3 heterocycles.